The predicted octanol–water partition coefficient (Wildman–Crippen LogP) is 5.79. The molecule has 0 aromatic heterocycles. The van der Waals surface area contributed by atoms with Gasteiger partial charge in [0.15, 0.2) is 11.5 Å². The van der Waals surface area contributed by atoms with Gasteiger partial charge >= 0.3 is 0 Å². The Hall–Kier alpha value is -2.40. The van der Waals surface area contributed by atoms with Gasteiger partial charge in [-0.25, -0.2) is 0 Å². The van der Waals surface area contributed by atoms with Crippen molar-refractivity contribution < 1.29 is 14.6 Å². The van der Waals surface area contributed by atoms with Gasteiger partial charge in [0, 0.05) is 23.2 Å². The van der Waals surface area contributed by atoms with E-state index in [9.17, 15) is 5.11 Å². The van der Waals surface area contributed by atoms with Crippen LogP contribution in [0.5, 0.6) is 17.2 Å². The summed E-state index contributed by atoms with van der Waals surface area (Å²) >= 11 is 6.48. The number of halogens is 2. The zero-order valence-electron chi connectivity index (χ0n) is 18.6. The van der Waals surface area contributed by atoms with Gasteiger partial charge in [-0.3, -0.25) is 0 Å². The third kappa shape index (κ3) is 4.83. The van der Waals surface area contributed by atoms with Crippen molar-refractivity contribution in [3.05, 3.63) is 76.3 Å². The minimum absolute atomic E-state index is 0. The van der Waals surface area contributed by atoms with Crippen LogP contribution in [0.3, 0.4) is 0 Å². The van der Waals surface area contributed by atoms with Gasteiger partial charge in [-0.1, -0.05) is 41.9 Å². The number of methoxy groups -OCH3 is 2. The van der Waals surface area contributed by atoms with Crippen molar-refractivity contribution in [3.63, 3.8) is 0 Å². The number of ether oxygens (including phenoxy) is 2. The maximum absolute atomic E-state index is 11.1. The summed E-state index contributed by atoms with van der Waals surface area (Å²) in [6, 6.07) is 18.3. The first kappa shape index (κ1) is 24.2. The molecular formula is C26H29Cl2NO3. The van der Waals surface area contributed by atoms with Gasteiger partial charge in [0.05, 0.1) is 14.2 Å². The number of hydrogen-bond acceptors (Lipinski definition) is 4. The summed E-state index contributed by atoms with van der Waals surface area (Å²) in [4.78, 5) is 2.40. The summed E-state index contributed by atoms with van der Waals surface area (Å²) in [5, 5.41) is 11.9. The first-order valence-electron chi connectivity index (χ1n) is 10.5. The van der Waals surface area contributed by atoms with Crippen molar-refractivity contribution in [1.29, 1.82) is 0 Å². The molecule has 4 nitrogen and oxygen atoms in total. The molecule has 1 heterocycles. The molecule has 32 heavy (non-hydrogen) atoms. The monoisotopic (exact) mass is 473 g/mol. The Kier molecular flexibility index (Phi) is 7.94. The van der Waals surface area contributed by atoms with E-state index in [1.807, 2.05) is 36.4 Å². The second-order valence-electron chi connectivity index (χ2n) is 8.06. The van der Waals surface area contributed by atoms with Crippen molar-refractivity contribution in [2.75, 3.05) is 27.8 Å². The van der Waals surface area contributed by atoms with Crippen molar-refractivity contribution >= 4 is 24.0 Å². The van der Waals surface area contributed by atoms with Crippen molar-refractivity contribution in [2.45, 2.75) is 25.3 Å². The summed E-state index contributed by atoms with van der Waals surface area (Å²) in [7, 11) is 5.41. The van der Waals surface area contributed by atoms with Crippen molar-refractivity contribution in [2.24, 2.45) is 0 Å². The molecule has 1 atom stereocenters. The Morgan fingerprint density at radius 3 is 2.50 bits per heavy atom. The highest BCUT2D eigenvalue weighted by Crippen LogP contribution is 2.43. The minimum Gasteiger partial charge on any atom is -0.504 e. The van der Waals surface area contributed by atoms with Gasteiger partial charge in [0.1, 0.15) is 5.75 Å². The van der Waals surface area contributed by atoms with Crippen LogP contribution >= 0.6 is 24.0 Å². The maximum Gasteiger partial charge on any atom is 0.165 e. The average molecular weight is 474 g/mol. The Balaban J connectivity index is 0.00000289. The maximum atomic E-state index is 11.1. The van der Waals surface area contributed by atoms with E-state index in [0.717, 1.165) is 58.8 Å². The zero-order valence-corrected chi connectivity index (χ0v) is 20.2. The fourth-order valence-electron chi connectivity index (χ4n) is 4.42. The Morgan fingerprint density at radius 2 is 1.78 bits per heavy atom. The molecule has 0 saturated carbocycles. The molecule has 1 aliphatic rings. The molecule has 4 rings (SSSR count). The second kappa shape index (κ2) is 10.5. The number of phenolic OH excluding ortho intramolecular Hbond substituents is 1. The predicted molar refractivity (Wildman–Crippen MR) is 133 cm³/mol. The number of benzene rings is 3. The molecule has 1 aliphatic heterocycles. The van der Waals surface area contributed by atoms with E-state index in [2.05, 4.69) is 30.1 Å². The molecule has 0 bridgehead atoms. The molecular weight excluding hydrogens is 445 g/mol. The molecule has 170 valence electrons. The first-order chi connectivity index (χ1) is 15.0. The van der Waals surface area contributed by atoms with E-state index >= 15 is 0 Å². The van der Waals surface area contributed by atoms with Crippen LogP contribution in [0.25, 0.3) is 11.1 Å². The van der Waals surface area contributed by atoms with E-state index in [1.165, 1.54) is 5.56 Å². The molecule has 3 aromatic rings. The van der Waals surface area contributed by atoms with Crippen LogP contribution in [-0.4, -0.2) is 43.9 Å². The normalized spacial score (nSPS) is 15.9. The van der Waals surface area contributed by atoms with Gasteiger partial charge in [-0.2, -0.15) is 0 Å². The van der Waals surface area contributed by atoms with Gasteiger partial charge in [-0.05, 0) is 72.8 Å². The van der Waals surface area contributed by atoms with Crippen LogP contribution in [0.1, 0.15) is 16.7 Å². The Labute approximate surface area is 201 Å². The number of fused-ring (bicyclic) bond motifs is 3. The summed E-state index contributed by atoms with van der Waals surface area (Å²) in [5.41, 5.74) is 5.22. The van der Waals surface area contributed by atoms with Gasteiger partial charge in [0.2, 0.25) is 0 Å². The number of rotatable bonds is 4. The zero-order chi connectivity index (χ0) is 22.0. The molecule has 6 heteroatoms. The van der Waals surface area contributed by atoms with E-state index in [-0.39, 0.29) is 24.2 Å². The fourth-order valence-corrected chi connectivity index (χ4v) is 4.63. The van der Waals surface area contributed by atoms with Crippen LogP contribution in [0.4, 0.5) is 0 Å². The van der Waals surface area contributed by atoms with E-state index < -0.39 is 0 Å². The lowest BCUT2D eigenvalue weighted by Gasteiger charge is -2.28. The molecule has 0 radical (unpaired) electrons. The van der Waals surface area contributed by atoms with Crippen LogP contribution in [0, 0.1) is 0 Å². The molecule has 0 aliphatic carbocycles. The van der Waals surface area contributed by atoms with E-state index in [1.54, 1.807) is 14.2 Å². The van der Waals surface area contributed by atoms with Gasteiger partial charge in [-0.15, -0.1) is 12.4 Å². The largest absolute Gasteiger partial charge is 0.504 e. The molecule has 0 amide bonds. The van der Waals surface area contributed by atoms with Crippen LogP contribution in [-0.2, 0) is 19.3 Å². The number of phenols is 1. The summed E-state index contributed by atoms with van der Waals surface area (Å²) in [6.07, 6.45) is 2.48. The molecule has 1 N–H and O–H groups in total. The number of aromatic hydroxyl groups is 1. The highest BCUT2D eigenvalue weighted by atomic mass is 35.5. The lowest BCUT2D eigenvalue weighted by atomic mass is 9.89. The number of likely N-dealkylation sites (N-methyl/N-ethyl adjacent to an activating group) is 1. The molecule has 1 unspecified atom stereocenters. The van der Waals surface area contributed by atoms with Crippen LogP contribution < -0.4 is 9.47 Å². The molecule has 0 saturated heterocycles. The second-order valence-corrected chi connectivity index (χ2v) is 8.46. The SMILES string of the molecule is COc1ccc2c(c1)-c1c(ccc(OC)c1O)CC(Cc1ccccc1Cl)N(C)CC2.Cl. The number of nitrogens with zero attached hydrogens (tertiary/aromatic N) is 1. The smallest absolute Gasteiger partial charge is 0.165 e. The third-order valence-corrected chi connectivity index (χ3v) is 6.63. The van der Waals surface area contributed by atoms with Crippen molar-refractivity contribution in [1.82, 2.24) is 4.90 Å². The first-order valence-corrected chi connectivity index (χ1v) is 10.9. The highest BCUT2D eigenvalue weighted by molar-refractivity contribution is 6.31. The standard InChI is InChI=1S/C26H28ClNO3.ClH/c1-28-13-12-17-8-10-21(30-2)16-22(17)25-19(9-11-24(31-3)26(25)29)15-20(28)14-18-6-4-5-7-23(18)27;/h4-11,16,20,29H,12-15H2,1-3H3;1H. The lowest BCUT2D eigenvalue weighted by molar-refractivity contribution is 0.242. The molecule has 0 fully saturated rings. The van der Waals surface area contributed by atoms with Gasteiger partial charge < -0.3 is 19.5 Å². The summed E-state index contributed by atoms with van der Waals surface area (Å²) < 4.78 is 10.9. The van der Waals surface area contributed by atoms with Crippen LogP contribution in [0.15, 0.2) is 54.6 Å². The fraction of sp³-hybridized carbons (Fsp3) is 0.308. The molecule has 3 aromatic carbocycles. The highest BCUT2D eigenvalue weighted by Gasteiger charge is 2.25. The topological polar surface area (TPSA) is 41.9 Å². The van der Waals surface area contributed by atoms with Crippen LogP contribution in [0.2, 0.25) is 5.02 Å². The lowest BCUT2D eigenvalue weighted by Crippen LogP contribution is -2.36. The third-order valence-electron chi connectivity index (χ3n) is 6.26. The Morgan fingerprint density at radius 1 is 1.03 bits per heavy atom. The summed E-state index contributed by atoms with van der Waals surface area (Å²) in [6.45, 7) is 0.903. The van der Waals surface area contributed by atoms with Gasteiger partial charge in [0.25, 0.3) is 0 Å². The van der Waals surface area contributed by atoms with E-state index in [0.29, 0.717) is 5.75 Å². The quantitative estimate of drug-likeness (QED) is 0.520. The minimum atomic E-state index is 0. The Bertz CT molecular complexity index is 1090. The van der Waals surface area contributed by atoms with Crippen molar-refractivity contribution in [3.8, 4) is 28.4 Å². The van der Waals surface area contributed by atoms with E-state index in [4.69, 9.17) is 21.1 Å². The molecule has 0 spiro atoms. The average Bonchev–Trinajstić information content (AvgIpc) is 2.83. The number of hydrogen-bond donors (Lipinski definition) is 1. The summed E-state index contributed by atoms with van der Waals surface area (Å²) in [5.74, 6) is 1.42.